The topological polar surface area (TPSA) is 89.3 Å². The van der Waals surface area contributed by atoms with Crippen LogP contribution in [0.5, 0.6) is 0 Å². The molecule has 0 aliphatic rings. The molecule has 76 valence electrons. The highest BCUT2D eigenvalue weighted by Gasteiger charge is 2.07. The molecule has 1 unspecified atom stereocenters. The Bertz CT molecular complexity index is 308. The van der Waals surface area contributed by atoms with Crippen LogP contribution in [0.15, 0.2) is 24.3 Å². The summed E-state index contributed by atoms with van der Waals surface area (Å²) in [4.78, 5) is 10.3. The van der Waals surface area contributed by atoms with Gasteiger partial charge in [-0.1, -0.05) is 12.1 Å². The van der Waals surface area contributed by atoms with E-state index >= 15 is 0 Å². The van der Waals surface area contributed by atoms with E-state index in [1.807, 2.05) is 12.1 Å². The number of hydrogen-bond donors (Lipinski definition) is 3. The molecule has 0 saturated heterocycles. The number of hydrogen-bond acceptors (Lipinski definition) is 3. The first kappa shape index (κ1) is 10.5. The van der Waals surface area contributed by atoms with Gasteiger partial charge in [0.1, 0.15) is 0 Å². The van der Waals surface area contributed by atoms with E-state index in [0.717, 1.165) is 5.56 Å². The number of rotatable bonds is 4. The van der Waals surface area contributed by atoms with Gasteiger partial charge < -0.3 is 16.6 Å². The Balaban J connectivity index is 2.56. The molecule has 0 saturated carbocycles. The van der Waals surface area contributed by atoms with E-state index in [9.17, 15) is 4.79 Å². The Kier molecular flexibility index (Phi) is 3.48. The second-order valence-electron chi connectivity index (χ2n) is 3.21. The summed E-state index contributed by atoms with van der Waals surface area (Å²) >= 11 is 0. The van der Waals surface area contributed by atoms with Gasteiger partial charge in [-0.3, -0.25) is 4.79 Å². The van der Waals surface area contributed by atoms with Crippen molar-refractivity contribution in [1.82, 2.24) is 0 Å². The van der Waals surface area contributed by atoms with Crippen LogP contribution in [0.2, 0.25) is 0 Å². The van der Waals surface area contributed by atoms with E-state index in [-0.39, 0.29) is 12.5 Å². The number of benzene rings is 1. The summed E-state index contributed by atoms with van der Waals surface area (Å²) in [7, 11) is 0. The van der Waals surface area contributed by atoms with Crippen molar-refractivity contribution in [2.24, 2.45) is 5.73 Å². The Morgan fingerprint density at radius 3 is 2.43 bits per heavy atom. The summed E-state index contributed by atoms with van der Waals surface area (Å²) in [6.45, 7) is 0. The van der Waals surface area contributed by atoms with Crippen LogP contribution in [0.3, 0.4) is 0 Å². The molecule has 4 heteroatoms. The van der Waals surface area contributed by atoms with Crippen LogP contribution >= 0.6 is 0 Å². The smallest absolute Gasteiger partial charge is 0.303 e. The summed E-state index contributed by atoms with van der Waals surface area (Å²) in [5, 5.41) is 8.48. The second kappa shape index (κ2) is 4.62. The van der Waals surface area contributed by atoms with E-state index in [1.54, 1.807) is 12.1 Å². The molecule has 1 atom stereocenters. The van der Waals surface area contributed by atoms with Gasteiger partial charge in [0, 0.05) is 18.2 Å². The first-order chi connectivity index (χ1) is 6.59. The van der Waals surface area contributed by atoms with Crippen molar-refractivity contribution < 1.29 is 9.90 Å². The van der Waals surface area contributed by atoms with Crippen LogP contribution in [0.1, 0.15) is 24.4 Å². The fourth-order valence-corrected chi connectivity index (χ4v) is 1.19. The first-order valence-electron chi connectivity index (χ1n) is 4.42. The van der Waals surface area contributed by atoms with Crippen molar-refractivity contribution in [2.75, 3.05) is 5.73 Å². The summed E-state index contributed by atoms with van der Waals surface area (Å²) in [6, 6.07) is 6.93. The lowest BCUT2D eigenvalue weighted by Crippen LogP contribution is -2.12. The highest BCUT2D eigenvalue weighted by atomic mass is 16.4. The van der Waals surface area contributed by atoms with Crippen molar-refractivity contribution in [3.63, 3.8) is 0 Å². The number of carboxylic acid groups (broad SMARTS) is 1. The van der Waals surface area contributed by atoms with Gasteiger partial charge in [-0.25, -0.2) is 0 Å². The maximum atomic E-state index is 10.3. The second-order valence-corrected chi connectivity index (χ2v) is 3.21. The maximum Gasteiger partial charge on any atom is 0.303 e. The minimum absolute atomic E-state index is 0.0888. The first-order valence-corrected chi connectivity index (χ1v) is 4.42. The highest BCUT2D eigenvalue weighted by molar-refractivity contribution is 5.66. The van der Waals surface area contributed by atoms with Crippen molar-refractivity contribution in [1.29, 1.82) is 0 Å². The van der Waals surface area contributed by atoms with Crippen molar-refractivity contribution in [2.45, 2.75) is 18.9 Å². The quantitative estimate of drug-likeness (QED) is 0.627. The number of carboxylic acids is 1. The highest BCUT2D eigenvalue weighted by Crippen LogP contribution is 2.16. The molecule has 0 amide bonds. The van der Waals surface area contributed by atoms with Gasteiger partial charge in [-0.05, 0) is 24.1 Å². The van der Waals surface area contributed by atoms with Crippen molar-refractivity contribution in [3.05, 3.63) is 29.8 Å². The zero-order valence-corrected chi connectivity index (χ0v) is 7.81. The fourth-order valence-electron chi connectivity index (χ4n) is 1.19. The molecule has 0 aliphatic carbocycles. The molecule has 0 aliphatic heterocycles. The Morgan fingerprint density at radius 1 is 1.36 bits per heavy atom. The summed E-state index contributed by atoms with van der Waals surface area (Å²) in [5.74, 6) is -0.823. The minimum Gasteiger partial charge on any atom is -0.481 e. The molecule has 0 fully saturated rings. The molecule has 14 heavy (non-hydrogen) atoms. The lowest BCUT2D eigenvalue weighted by Gasteiger charge is -2.10. The molecular formula is C10H14N2O2. The molecule has 0 bridgehead atoms. The van der Waals surface area contributed by atoms with Crippen LogP contribution < -0.4 is 11.5 Å². The molecule has 0 spiro atoms. The van der Waals surface area contributed by atoms with Crippen LogP contribution in [0, 0.1) is 0 Å². The lowest BCUT2D eigenvalue weighted by atomic mass is 10.0. The molecule has 1 rings (SSSR count). The minimum atomic E-state index is -0.823. The van der Waals surface area contributed by atoms with Gasteiger partial charge in [0.25, 0.3) is 0 Å². The Labute approximate surface area is 82.5 Å². The third-order valence-electron chi connectivity index (χ3n) is 2.03. The standard InChI is InChI=1S/C10H14N2O2/c11-8-3-1-7(2-4-8)9(12)5-6-10(13)14/h1-4,9H,5-6,11-12H2,(H,13,14). The van der Waals surface area contributed by atoms with Gasteiger partial charge in [0.05, 0.1) is 0 Å². The Hall–Kier alpha value is -1.55. The molecular weight excluding hydrogens is 180 g/mol. The average Bonchev–Trinajstić information content (AvgIpc) is 2.15. The summed E-state index contributed by atoms with van der Waals surface area (Å²) in [6.07, 6.45) is 0.533. The van der Waals surface area contributed by atoms with E-state index in [0.29, 0.717) is 12.1 Å². The van der Waals surface area contributed by atoms with E-state index < -0.39 is 5.97 Å². The van der Waals surface area contributed by atoms with Gasteiger partial charge >= 0.3 is 5.97 Å². The SMILES string of the molecule is Nc1ccc(C(N)CCC(=O)O)cc1. The monoisotopic (exact) mass is 194 g/mol. The third kappa shape index (κ3) is 3.06. The van der Waals surface area contributed by atoms with Gasteiger partial charge in [0.15, 0.2) is 0 Å². The number of anilines is 1. The molecule has 0 aromatic heterocycles. The molecule has 0 radical (unpaired) electrons. The molecule has 1 aromatic rings. The predicted molar refractivity (Wildman–Crippen MR) is 54.7 cm³/mol. The van der Waals surface area contributed by atoms with Crippen LogP contribution in [0.25, 0.3) is 0 Å². The number of nitrogen functional groups attached to an aromatic ring is 1. The number of aliphatic carboxylic acids is 1. The average molecular weight is 194 g/mol. The molecule has 1 aromatic carbocycles. The van der Waals surface area contributed by atoms with E-state index in [2.05, 4.69) is 0 Å². The third-order valence-corrected chi connectivity index (χ3v) is 2.03. The van der Waals surface area contributed by atoms with Crippen LogP contribution in [0.4, 0.5) is 5.69 Å². The van der Waals surface area contributed by atoms with E-state index in [4.69, 9.17) is 16.6 Å². The summed E-state index contributed by atoms with van der Waals surface area (Å²) < 4.78 is 0. The maximum absolute atomic E-state index is 10.3. The van der Waals surface area contributed by atoms with Crippen LogP contribution in [-0.2, 0) is 4.79 Å². The van der Waals surface area contributed by atoms with Gasteiger partial charge in [0.2, 0.25) is 0 Å². The fraction of sp³-hybridized carbons (Fsp3) is 0.300. The Morgan fingerprint density at radius 2 is 1.93 bits per heavy atom. The molecule has 4 nitrogen and oxygen atoms in total. The van der Waals surface area contributed by atoms with Gasteiger partial charge in [-0.15, -0.1) is 0 Å². The lowest BCUT2D eigenvalue weighted by molar-refractivity contribution is -0.137. The molecule has 0 heterocycles. The van der Waals surface area contributed by atoms with Crippen LogP contribution in [-0.4, -0.2) is 11.1 Å². The summed E-state index contributed by atoms with van der Waals surface area (Å²) in [5.41, 5.74) is 12.9. The van der Waals surface area contributed by atoms with E-state index in [1.165, 1.54) is 0 Å². The van der Waals surface area contributed by atoms with Crippen molar-refractivity contribution >= 4 is 11.7 Å². The number of nitrogens with two attached hydrogens (primary N) is 2. The van der Waals surface area contributed by atoms with Crippen molar-refractivity contribution in [3.8, 4) is 0 Å². The number of carbonyl (C=O) groups is 1. The molecule has 5 N–H and O–H groups in total. The zero-order chi connectivity index (χ0) is 10.6. The zero-order valence-electron chi connectivity index (χ0n) is 7.81. The largest absolute Gasteiger partial charge is 0.481 e. The normalized spacial score (nSPS) is 12.4. The predicted octanol–water partition coefficient (Wildman–Crippen LogP) is 1.13. The van der Waals surface area contributed by atoms with Gasteiger partial charge in [-0.2, -0.15) is 0 Å².